The second-order valence-electron chi connectivity index (χ2n) is 3.74. The van der Waals surface area contributed by atoms with Crippen LogP contribution in [0.15, 0.2) is 40.8 Å². The van der Waals surface area contributed by atoms with Gasteiger partial charge in [-0.3, -0.25) is 0 Å². The van der Waals surface area contributed by atoms with Gasteiger partial charge in [-0.05, 0) is 26.0 Å². The molecule has 1 aromatic carbocycles. The Morgan fingerprint density at radius 3 is 2.27 bits per heavy atom. The van der Waals surface area contributed by atoms with Crippen LogP contribution >= 0.6 is 0 Å². The summed E-state index contributed by atoms with van der Waals surface area (Å²) in [6.45, 7) is 3.74. The molecule has 1 atom stereocenters. The van der Waals surface area contributed by atoms with Crippen LogP contribution in [0.3, 0.4) is 0 Å². The van der Waals surface area contributed by atoms with E-state index in [1.165, 1.54) is 5.56 Å². The fraction of sp³-hybridized carbons (Fsp3) is 0.231. The first-order chi connectivity index (χ1) is 7.16. The Morgan fingerprint density at radius 2 is 1.73 bits per heavy atom. The van der Waals surface area contributed by atoms with Crippen molar-refractivity contribution < 1.29 is 9.52 Å². The number of hydrogen-bond acceptors (Lipinski definition) is 2. The molecular weight excluding hydrogens is 188 g/mol. The molecule has 2 aromatic rings. The van der Waals surface area contributed by atoms with Crippen LogP contribution in [0.25, 0.3) is 11.3 Å². The van der Waals surface area contributed by atoms with E-state index >= 15 is 0 Å². The summed E-state index contributed by atoms with van der Waals surface area (Å²) in [6.07, 6.45) is -0.552. The largest absolute Gasteiger partial charge is 0.458 e. The zero-order valence-electron chi connectivity index (χ0n) is 8.90. The molecule has 0 saturated heterocycles. The van der Waals surface area contributed by atoms with Crippen LogP contribution in [-0.4, -0.2) is 5.11 Å². The molecule has 0 radical (unpaired) electrons. The highest BCUT2D eigenvalue weighted by Crippen LogP contribution is 2.25. The molecule has 2 heteroatoms. The Bertz CT molecular complexity index is 438. The van der Waals surface area contributed by atoms with Crippen molar-refractivity contribution in [2.75, 3.05) is 0 Å². The predicted octanol–water partition coefficient (Wildman–Crippen LogP) is 3.31. The van der Waals surface area contributed by atoms with Gasteiger partial charge in [0.15, 0.2) is 0 Å². The van der Waals surface area contributed by atoms with E-state index in [0.29, 0.717) is 5.76 Å². The number of hydrogen-bond donors (Lipinski definition) is 1. The monoisotopic (exact) mass is 202 g/mol. The van der Waals surface area contributed by atoms with Crippen molar-refractivity contribution in [3.05, 3.63) is 47.7 Å². The highest BCUT2D eigenvalue weighted by atomic mass is 16.4. The first kappa shape index (κ1) is 9.99. The molecule has 15 heavy (non-hydrogen) atoms. The molecular formula is C13H14O2. The molecule has 78 valence electrons. The Kier molecular flexibility index (Phi) is 2.60. The normalized spacial score (nSPS) is 12.7. The minimum Gasteiger partial charge on any atom is -0.458 e. The summed E-state index contributed by atoms with van der Waals surface area (Å²) >= 11 is 0. The molecule has 0 aliphatic carbocycles. The molecule has 0 saturated carbocycles. The van der Waals surface area contributed by atoms with Gasteiger partial charge in [0.25, 0.3) is 0 Å². The maximum Gasteiger partial charge on any atom is 0.134 e. The predicted molar refractivity (Wildman–Crippen MR) is 59.5 cm³/mol. The summed E-state index contributed by atoms with van der Waals surface area (Å²) < 4.78 is 5.52. The Hall–Kier alpha value is -1.54. The molecule has 2 nitrogen and oxygen atoms in total. The second kappa shape index (κ2) is 3.91. The third-order valence-corrected chi connectivity index (χ3v) is 2.37. The lowest BCUT2D eigenvalue weighted by atomic mass is 10.1. The van der Waals surface area contributed by atoms with Crippen molar-refractivity contribution in [3.63, 3.8) is 0 Å². The van der Waals surface area contributed by atoms with Gasteiger partial charge in [-0.1, -0.05) is 29.8 Å². The molecule has 0 aliphatic rings. The SMILES string of the molecule is Cc1ccc(-c2ccc([C@H](C)O)o2)cc1. The number of aliphatic hydroxyl groups is 1. The van der Waals surface area contributed by atoms with Crippen molar-refractivity contribution in [1.82, 2.24) is 0 Å². The van der Waals surface area contributed by atoms with Gasteiger partial charge >= 0.3 is 0 Å². The lowest BCUT2D eigenvalue weighted by Crippen LogP contribution is -1.85. The van der Waals surface area contributed by atoms with Crippen LogP contribution < -0.4 is 0 Å². The van der Waals surface area contributed by atoms with Crippen LogP contribution in [0.4, 0.5) is 0 Å². The van der Waals surface area contributed by atoms with E-state index < -0.39 is 6.10 Å². The third kappa shape index (κ3) is 2.10. The van der Waals surface area contributed by atoms with Gasteiger partial charge in [0, 0.05) is 5.56 Å². The molecule has 0 fully saturated rings. The Morgan fingerprint density at radius 1 is 1.07 bits per heavy atom. The number of benzene rings is 1. The number of aryl methyl sites for hydroxylation is 1. The summed E-state index contributed by atoms with van der Waals surface area (Å²) in [4.78, 5) is 0. The van der Waals surface area contributed by atoms with E-state index in [0.717, 1.165) is 11.3 Å². The lowest BCUT2D eigenvalue weighted by molar-refractivity contribution is 0.170. The van der Waals surface area contributed by atoms with Crippen LogP contribution in [0.1, 0.15) is 24.4 Å². The van der Waals surface area contributed by atoms with E-state index in [4.69, 9.17) is 4.42 Å². The minimum absolute atomic E-state index is 0.552. The molecule has 1 heterocycles. The number of furan rings is 1. The fourth-order valence-electron chi connectivity index (χ4n) is 1.45. The third-order valence-electron chi connectivity index (χ3n) is 2.37. The molecule has 0 bridgehead atoms. The van der Waals surface area contributed by atoms with E-state index in [1.54, 1.807) is 13.0 Å². The Balaban J connectivity index is 2.33. The fourth-order valence-corrected chi connectivity index (χ4v) is 1.45. The average molecular weight is 202 g/mol. The van der Waals surface area contributed by atoms with Crippen LogP contribution in [0.5, 0.6) is 0 Å². The maximum absolute atomic E-state index is 9.33. The molecule has 1 aromatic heterocycles. The van der Waals surface area contributed by atoms with Crippen molar-refractivity contribution in [2.45, 2.75) is 20.0 Å². The molecule has 0 amide bonds. The van der Waals surface area contributed by atoms with Crippen molar-refractivity contribution in [1.29, 1.82) is 0 Å². The van der Waals surface area contributed by atoms with Crippen molar-refractivity contribution in [3.8, 4) is 11.3 Å². The molecule has 0 unspecified atom stereocenters. The standard InChI is InChI=1S/C13H14O2/c1-9-3-5-11(6-4-9)13-8-7-12(15-13)10(2)14/h3-8,10,14H,1-2H3/t10-/m0/s1. The second-order valence-corrected chi connectivity index (χ2v) is 3.74. The van der Waals surface area contributed by atoms with Crippen LogP contribution in [-0.2, 0) is 0 Å². The smallest absolute Gasteiger partial charge is 0.134 e. The topological polar surface area (TPSA) is 33.4 Å². The van der Waals surface area contributed by atoms with E-state index in [2.05, 4.69) is 0 Å². The van der Waals surface area contributed by atoms with Crippen LogP contribution in [0.2, 0.25) is 0 Å². The van der Waals surface area contributed by atoms with Crippen molar-refractivity contribution in [2.24, 2.45) is 0 Å². The summed E-state index contributed by atoms with van der Waals surface area (Å²) in [7, 11) is 0. The molecule has 2 rings (SSSR count). The van der Waals surface area contributed by atoms with Gasteiger partial charge in [0.1, 0.15) is 17.6 Å². The molecule has 0 aliphatic heterocycles. The van der Waals surface area contributed by atoms with Gasteiger partial charge < -0.3 is 9.52 Å². The first-order valence-corrected chi connectivity index (χ1v) is 5.01. The lowest BCUT2D eigenvalue weighted by Gasteiger charge is -2.00. The molecule has 0 spiro atoms. The summed E-state index contributed by atoms with van der Waals surface area (Å²) in [6, 6.07) is 11.8. The zero-order chi connectivity index (χ0) is 10.8. The highest BCUT2D eigenvalue weighted by Gasteiger charge is 2.08. The quantitative estimate of drug-likeness (QED) is 0.810. The van der Waals surface area contributed by atoms with Crippen LogP contribution in [0, 0.1) is 6.92 Å². The number of aliphatic hydroxyl groups excluding tert-OH is 1. The van der Waals surface area contributed by atoms with Gasteiger partial charge in [-0.15, -0.1) is 0 Å². The number of rotatable bonds is 2. The maximum atomic E-state index is 9.33. The summed E-state index contributed by atoms with van der Waals surface area (Å²) in [5.41, 5.74) is 2.26. The summed E-state index contributed by atoms with van der Waals surface area (Å²) in [5.74, 6) is 1.40. The highest BCUT2D eigenvalue weighted by molar-refractivity contribution is 5.57. The minimum atomic E-state index is -0.552. The van der Waals surface area contributed by atoms with E-state index in [1.807, 2.05) is 37.3 Å². The van der Waals surface area contributed by atoms with Gasteiger partial charge in [0.2, 0.25) is 0 Å². The van der Waals surface area contributed by atoms with E-state index in [-0.39, 0.29) is 0 Å². The summed E-state index contributed by atoms with van der Waals surface area (Å²) in [5, 5.41) is 9.33. The molecule has 1 N–H and O–H groups in total. The Labute approximate surface area is 89.2 Å². The van der Waals surface area contributed by atoms with Gasteiger partial charge in [0.05, 0.1) is 0 Å². The zero-order valence-corrected chi connectivity index (χ0v) is 8.90. The van der Waals surface area contributed by atoms with Gasteiger partial charge in [-0.25, -0.2) is 0 Å². The van der Waals surface area contributed by atoms with E-state index in [9.17, 15) is 5.11 Å². The van der Waals surface area contributed by atoms with Gasteiger partial charge in [-0.2, -0.15) is 0 Å². The average Bonchev–Trinajstić information content (AvgIpc) is 2.68. The first-order valence-electron chi connectivity index (χ1n) is 5.01. The van der Waals surface area contributed by atoms with Crippen molar-refractivity contribution >= 4 is 0 Å².